The lowest BCUT2D eigenvalue weighted by Gasteiger charge is -2.28. The zero-order valence-electron chi connectivity index (χ0n) is 24.3. The van der Waals surface area contributed by atoms with Crippen LogP contribution in [-0.2, 0) is 9.47 Å². The van der Waals surface area contributed by atoms with Crippen LogP contribution in [0.5, 0.6) is 11.5 Å². The molecule has 0 atom stereocenters. The van der Waals surface area contributed by atoms with Gasteiger partial charge < -0.3 is 34.2 Å². The molecule has 228 valence electrons. The zero-order chi connectivity index (χ0) is 30.4. The zero-order valence-corrected chi connectivity index (χ0v) is 27.4. The fraction of sp³-hybridized carbons (Fsp3) is 0.533. The summed E-state index contributed by atoms with van der Waals surface area (Å²) in [6.45, 7) is 5.57. The number of hydrogen-bond acceptors (Lipinski definition) is 9. The number of aliphatic hydroxyl groups excluding tert-OH is 1. The van der Waals surface area contributed by atoms with Crippen molar-refractivity contribution in [2.24, 2.45) is 11.8 Å². The maximum Gasteiger partial charge on any atom is 0.341 e. The molecule has 2 saturated heterocycles. The van der Waals surface area contributed by atoms with Gasteiger partial charge in [-0.25, -0.2) is 9.59 Å². The Hall–Kier alpha value is -2.18. The Morgan fingerprint density at radius 3 is 1.78 bits per heavy atom. The van der Waals surface area contributed by atoms with Crippen molar-refractivity contribution >= 4 is 43.8 Å². The van der Waals surface area contributed by atoms with Crippen LogP contribution in [0.25, 0.3) is 0 Å². The SMILES string of the molecule is CN1CCC(CO)CC1.COC(=O)c1cc(Br)ccc1O.COC(=O)c1cc(Br)ccc1OCC1CCN(C)CC1. The monoisotopic (exact) mass is 700 g/mol. The molecule has 4 rings (SSSR count). The Morgan fingerprint density at radius 2 is 1.27 bits per heavy atom. The Labute approximate surface area is 260 Å². The normalized spacial score (nSPS) is 16.5. The number of aliphatic hydroxyl groups is 1. The number of phenols is 1. The first-order valence-corrected chi connectivity index (χ1v) is 15.2. The van der Waals surface area contributed by atoms with Crippen LogP contribution < -0.4 is 4.74 Å². The third kappa shape index (κ3) is 12.3. The van der Waals surface area contributed by atoms with E-state index in [0.717, 1.165) is 48.0 Å². The molecule has 2 aromatic rings. The first-order valence-electron chi connectivity index (χ1n) is 13.6. The molecule has 0 bridgehead atoms. The Balaban J connectivity index is 0.000000237. The van der Waals surface area contributed by atoms with Gasteiger partial charge in [-0.2, -0.15) is 0 Å². The first kappa shape index (κ1) is 35.0. The van der Waals surface area contributed by atoms with E-state index in [1.54, 1.807) is 12.1 Å². The van der Waals surface area contributed by atoms with E-state index in [9.17, 15) is 14.7 Å². The van der Waals surface area contributed by atoms with Gasteiger partial charge in [-0.05, 0) is 114 Å². The summed E-state index contributed by atoms with van der Waals surface area (Å²) in [6, 6.07) is 9.98. The van der Waals surface area contributed by atoms with Gasteiger partial charge in [-0.1, -0.05) is 31.9 Å². The van der Waals surface area contributed by atoms with Gasteiger partial charge in [0, 0.05) is 15.6 Å². The average Bonchev–Trinajstić information content (AvgIpc) is 2.98. The molecule has 2 fully saturated rings. The molecular formula is C30H42Br2N2O7. The molecule has 2 aromatic carbocycles. The predicted octanol–water partition coefficient (Wildman–Crippen LogP) is 5.22. The van der Waals surface area contributed by atoms with Gasteiger partial charge in [0.25, 0.3) is 0 Å². The minimum absolute atomic E-state index is 0.0787. The second-order valence-corrected chi connectivity index (χ2v) is 12.1. The summed E-state index contributed by atoms with van der Waals surface area (Å²) in [6.07, 6.45) is 4.63. The number of esters is 2. The number of halogens is 2. The predicted molar refractivity (Wildman–Crippen MR) is 166 cm³/mol. The van der Waals surface area contributed by atoms with Crippen molar-refractivity contribution < 1.29 is 34.0 Å². The number of phenolic OH excluding ortho intramolecular Hbond substituents is 1. The standard InChI is InChI=1S/C15H20BrNO3.C8H7BrO3.C7H15NO/c1-17-7-5-11(6-8-17)10-20-14-4-3-12(16)9-13(14)15(18)19-2;1-12-8(11)6-4-5(9)2-3-7(6)10;1-8-4-2-7(6-9)3-5-8/h3-4,9,11H,5-8,10H2,1-2H3;2-4,10H,1H3;7,9H,2-6H2,1H3. The molecule has 11 heteroatoms. The minimum atomic E-state index is -0.547. The van der Waals surface area contributed by atoms with Crippen molar-refractivity contribution in [3.8, 4) is 11.5 Å². The maximum atomic E-state index is 11.8. The number of piperidine rings is 2. The second-order valence-electron chi connectivity index (χ2n) is 10.3. The first-order chi connectivity index (χ1) is 19.6. The van der Waals surface area contributed by atoms with Gasteiger partial charge in [0.1, 0.15) is 22.6 Å². The van der Waals surface area contributed by atoms with E-state index in [-0.39, 0.29) is 17.3 Å². The summed E-state index contributed by atoms with van der Waals surface area (Å²) in [5.74, 6) is 0.740. The van der Waals surface area contributed by atoms with Gasteiger partial charge >= 0.3 is 11.9 Å². The Bertz CT molecular complexity index is 1100. The number of methoxy groups -OCH3 is 2. The molecular weight excluding hydrogens is 660 g/mol. The van der Waals surface area contributed by atoms with Crippen LogP contribution in [-0.4, -0.2) is 99.7 Å². The number of ether oxygens (including phenoxy) is 3. The molecule has 0 amide bonds. The average molecular weight is 702 g/mol. The molecule has 2 aliphatic rings. The van der Waals surface area contributed by atoms with Crippen LogP contribution >= 0.6 is 31.9 Å². The molecule has 0 aliphatic carbocycles. The van der Waals surface area contributed by atoms with E-state index < -0.39 is 5.97 Å². The van der Waals surface area contributed by atoms with Crippen molar-refractivity contribution in [1.82, 2.24) is 9.80 Å². The topological polar surface area (TPSA) is 109 Å². The number of nitrogens with zero attached hydrogens (tertiary/aromatic N) is 2. The fourth-order valence-electron chi connectivity index (χ4n) is 4.36. The third-order valence-corrected chi connectivity index (χ3v) is 8.11. The molecule has 0 radical (unpaired) electrons. The van der Waals surface area contributed by atoms with Gasteiger partial charge in [0.15, 0.2) is 0 Å². The highest BCUT2D eigenvalue weighted by molar-refractivity contribution is 9.10. The summed E-state index contributed by atoms with van der Waals surface area (Å²) in [5.41, 5.74) is 0.627. The number of hydrogen-bond donors (Lipinski definition) is 2. The van der Waals surface area contributed by atoms with E-state index in [1.165, 1.54) is 39.2 Å². The highest BCUT2D eigenvalue weighted by Crippen LogP contribution is 2.26. The summed E-state index contributed by atoms with van der Waals surface area (Å²) in [7, 11) is 6.92. The van der Waals surface area contributed by atoms with Gasteiger partial charge in [0.2, 0.25) is 0 Å². The van der Waals surface area contributed by atoms with E-state index in [0.29, 0.717) is 36.4 Å². The van der Waals surface area contributed by atoms with Crippen molar-refractivity contribution in [1.29, 1.82) is 0 Å². The fourth-order valence-corrected chi connectivity index (χ4v) is 5.08. The highest BCUT2D eigenvalue weighted by Gasteiger charge is 2.19. The molecule has 0 spiro atoms. The van der Waals surface area contributed by atoms with Crippen LogP contribution in [0.4, 0.5) is 0 Å². The lowest BCUT2D eigenvalue weighted by Crippen LogP contribution is -2.32. The van der Waals surface area contributed by atoms with E-state index in [1.807, 2.05) is 12.1 Å². The number of carbonyl (C=O) groups excluding carboxylic acids is 2. The molecule has 9 nitrogen and oxygen atoms in total. The van der Waals surface area contributed by atoms with E-state index >= 15 is 0 Å². The summed E-state index contributed by atoms with van der Waals surface area (Å²) in [4.78, 5) is 27.4. The van der Waals surface area contributed by atoms with Gasteiger partial charge in [0.05, 0.1) is 20.8 Å². The van der Waals surface area contributed by atoms with Crippen LogP contribution in [0.3, 0.4) is 0 Å². The summed E-state index contributed by atoms with van der Waals surface area (Å²) in [5, 5.41) is 18.0. The number of carbonyl (C=O) groups is 2. The quantitative estimate of drug-likeness (QED) is 0.392. The molecule has 2 heterocycles. The molecule has 0 saturated carbocycles. The Kier molecular flexibility index (Phi) is 15.7. The van der Waals surface area contributed by atoms with Gasteiger partial charge in [-0.15, -0.1) is 0 Å². The number of benzene rings is 2. The summed E-state index contributed by atoms with van der Waals surface area (Å²) < 4.78 is 16.7. The van der Waals surface area contributed by atoms with Crippen molar-refractivity contribution in [3.05, 3.63) is 56.5 Å². The van der Waals surface area contributed by atoms with E-state index in [2.05, 4.69) is 60.5 Å². The largest absolute Gasteiger partial charge is 0.507 e. The second kappa shape index (κ2) is 18.4. The van der Waals surface area contributed by atoms with Crippen molar-refractivity contribution in [3.63, 3.8) is 0 Å². The van der Waals surface area contributed by atoms with Crippen LogP contribution in [0, 0.1) is 11.8 Å². The highest BCUT2D eigenvalue weighted by atomic mass is 79.9. The van der Waals surface area contributed by atoms with Gasteiger partial charge in [-0.3, -0.25) is 0 Å². The molecule has 0 aromatic heterocycles. The molecule has 2 N–H and O–H groups in total. The lowest BCUT2D eigenvalue weighted by atomic mass is 9.98. The number of rotatable bonds is 6. The van der Waals surface area contributed by atoms with Crippen molar-refractivity contribution in [2.75, 3.05) is 67.7 Å². The number of aromatic hydroxyl groups is 1. The lowest BCUT2D eigenvalue weighted by molar-refractivity contribution is 0.0586. The smallest absolute Gasteiger partial charge is 0.341 e. The third-order valence-electron chi connectivity index (χ3n) is 7.12. The maximum absolute atomic E-state index is 11.8. The van der Waals surface area contributed by atoms with Crippen LogP contribution in [0.15, 0.2) is 45.3 Å². The molecule has 2 aliphatic heterocycles. The molecule has 41 heavy (non-hydrogen) atoms. The van der Waals surface area contributed by atoms with Crippen LogP contribution in [0.2, 0.25) is 0 Å². The summed E-state index contributed by atoms with van der Waals surface area (Å²) >= 11 is 6.53. The minimum Gasteiger partial charge on any atom is -0.507 e. The number of likely N-dealkylation sites (tertiary alicyclic amines) is 2. The van der Waals surface area contributed by atoms with Crippen molar-refractivity contribution in [2.45, 2.75) is 25.7 Å². The van der Waals surface area contributed by atoms with E-state index in [4.69, 9.17) is 14.6 Å². The Morgan fingerprint density at radius 1 is 0.805 bits per heavy atom. The van der Waals surface area contributed by atoms with Crippen LogP contribution in [0.1, 0.15) is 46.4 Å². The molecule has 0 unspecified atom stereocenters.